The third-order valence-electron chi connectivity index (χ3n) is 6.94. The van der Waals surface area contributed by atoms with Gasteiger partial charge in [0.05, 0.1) is 5.60 Å². The first-order valence-electron chi connectivity index (χ1n) is 12.8. The number of nitrogens with one attached hydrogen (secondary N) is 2. The lowest BCUT2D eigenvalue weighted by molar-refractivity contribution is -0.136. The smallest absolute Gasteiger partial charge is 0.404 e. The molecule has 0 aliphatic carbocycles. The number of aliphatic hydroxyl groups is 1. The van der Waals surface area contributed by atoms with E-state index in [9.17, 15) is 14.7 Å². The molecule has 1 aliphatic rings. The predicted octanol–water partition coefficient (Wildman–Crippen LogP) is 4.26. The number of carboxylic acid groups (broad SMARTS) is 1. The quantitative estimate of drug-likeness (QED) is 0.326. The van der Waals surface area contributed by atoms with Gasteiger partial charge in [-0.05, 0) is 70.3 Å². The summed E-state index contributed by atoms with van der Waals surface area (Å²) in [6, 6.07) is 15.2. The van der Waals surface area contributed by atoms with Crippen molar-refractivity contribution < 1.29 is 24.5 Å². The third kappa shape index (κ3) is 7.21. The topological polar surface area (TPSA) is 111 Å². The fourth-order valence-corrected chi connectivity index (χ4v) is 4.98. The summed E-state index contributed by atoms with van der Waals surface area (Å²) in [5, 5.41) is 26.8. The average molecular weight is 498 g/mol. The van der Waals surface area contributed by atoms with E-state index in [-0.39, 0.29) is 18.4 Å². The Morgan fingerprint density at radius 2 is 1.81 bits per heavy atom. The molecule has 2 aromatic carbocycles. The van der Waals surface area contributed by atoms with Gasteiger partial charge in [-0.2, -0.15) is 0 Å². The molecule has 4 N–H and O–H groups in total. The second kappa shape index (κ2) is 13.3. The van der Waals surface area contributed by atoms with E-state index in [1.807, 2.05) is 67.4 Å². The number of piperidine rings is 1. The third-order valence-corrected chi connectivity index (χ3v) is 6.94. The summed E-state index contributed by atoms with van der Waals surface area (Å²) in [4.78, 5) is 25.7. The van der Waals surface area contributed by atoms with Gasteiger partial charge in [0.15, 0.2) is 0 Å². The molecule has 1 fully saturated rings. The molecule has 36 heavy (non-hydrogen) atoms. The highest BCUT2D eigenvalue weighted by Gasteiger charge is 2.42. The van der Waals surface area contributed by atoms with Gasteiger partial charge in [-0.25, -0.2) is 4.79 Å². The zero-order valence-electron chi connectivity index (χ0n) is 21.3. The molecule has 2 amide bonds. The standard InChI is InChI=1S/C28H39N3O5/c1-21-10-3-5-13-24(21)36-25-14-6-4-12-23(25)28(35,16-9-18-30-27(33)34)22-11-8-19-31(20-22)26(32)15-7-17-29-2/h3-6,10,12-14,22,29-30,35H,7-9,11,15-20H2,1-2H3,(H,33,34). The Morgan fingerprint density at radius 1 is 1.08 bits per heavy atom. The summed E-state index contributed by atoms with van der Waals surface area (Å²) in [5.74, 6) is 1.18. The van der Waals surface area contributed by atoms with Crippen molar-refractivity contribution in [2.75, 3.05) is 33.2 Å². The van der Waals surface area contributed by atoms with Crippen LogP contribution in [-0.4, -0.2) is 60.3 Å². The van der Waals surface area contributed by atoms with E-state index in [2.05, 4.69) is 10.6 Å². The molecule has 8 nitrogen and oxygen atoms in total. The maximum Gasteiger partial charge on any atom is 0.404 e. The molecule has 0 saturated carbocycles. The molecule has 1 aliphatic heterocycles. The van der Waals surface area contributed by atoms with Gasteiger partial charge in [0.2, 0.25) is 5.91 Å². The predicted molar refractivity (Wildman–Crippen MR) is 139 cm³/mol. The van der Waals surface area contributed by atoms with Crippen LogP contribution in [0.2, 0.25) is 0 Å². The first-order valence-corrected chi connectivity index (χ1v) is 12.8. The number of rotatable bonds is 12. The number of amides is 2. The lowest BCUT2D eigenvalue weighted by Gasteiger charge is -2.43. The summed E-state index contributed by atoms with van der Waals surface area (Å²) in [6.45, 7) is 4.14. The number of nitrogens with zero attached hydrogens (tertiary/aromatic N) is 1. The molecule has 2 aromatic rings. The van der Waals surface area contributed by atoms with Crippen molar-refractivity contribution in [3.63, 3.8) is 0 Å². The van der Waals surface area contributed by atoms with Crippen LogP contribution in [0.25, 0.3) is 0 Å². The van der Waals surface area contributed by atoms with E-state index in [0.717, 1.165) is 31.4 Å². The van der Waals surface area contributed by atoms with Gasteiger partial charge in [0.25, 0.3) is 0 Å². The minimum Gasteiger partial charge on any atom is -0.465 e. The summed E-state index contributed by atoms with van der Waals surface area (Å²) in [6.07, 6.45) is 2.52. The average Bonchev–Trinajstić information content (AvgIpc) is 2.88. The number of aryl methyl sites for hydroxylation is 1. The van der Waals surface area contributed by atoms with E-state index in [4.69, 9.17) is 9.84 Å². The Morgan fingerprint density at radius 3 is 2.53 bits per heavy atom. The van der Waals surface area contributed by atoms with Crippen molar-refractivity contribution in [2.45, 2.75) is 51.0 Å². The van der Waals surface area contributed by atoms with E-state index < -0.39 is 11.7 Å². The normalized spacial score (nSPS) is 17.3. The van der Waals surface area contributed by atoms with E-state index in [1.54, 1.807) is 0 Å². The second-order valence-electron chi connectivity index (χ2n) is 9.51. The highest BCUT2D eigenvalue weighted by atomic mass is 16.5. The Kier molecular flexibility index (Phi) is 10.1. The summed E-state index contributed by atoms with van der Waals surface area (Å²) < 4.78 is 6.30. The molecular formula is C28H39N3O5. The number of hydrogen-bond acceptors (Lipinski definition) is 5. The van der Waals surface area contributed by atoms with Crippen LogP contribution in [0.3, 0.4) is 0 Å². The van der Waals surface area contributed by atoms with E-state index in [1.165, 1.54) is 0 Å². The summed E-state index contributed by atoms with van der Waals surface area (Å²) in [5.41, 5.74) is 0.360. The van der Waals surface area contributed by atoms with Crippen LogP contribution in [0, 0.1) is 12.8 Å². The van der Waals surface area contributed by atoms with Crippen LogP contribution in [0.15, 0.2) is 48.5 Å². The van der Waals surface area contributed by atoms with E-state index >= 15 is 0 Å². The maximum absolute atomic E-state index is 12.9. The van der Waals surface area contributed by atoms with Crippen LogP contribution < -0.4 is 15.4 Å². The Bertz CT molecular complexity index is 1010. The molecule has 2 unspecified atom stereocenters. The number of ether oxygens (including phenoxy) is 1. The lowest BCUT2D eigenvalue weighted by atomic mass is 9.74. The van der Waals surface area contributed by atoms with Gasteiger partial charge in [0, 0.05) is 37.5 Å². The Labute approximate surface area is 213 Å². The van der Waals surface area contributed by atoms with Crippen molar-refractivity contribution in [3.8, 4) is 11.5 Å². The molecular weight excluding hydrogens is 458 g/mol. The molecule has 3 rings (SSSR count). The first kappa shape index (κ1) is 27.5. The fraction of sp³-hybridized carbons (Fsp3) is 0.500. The molecule has 0 spiro atoms. The van der Waals surface area contributed by atoms with Gasteiger partial charge in [-0.3, -0.25) is 4.79 Å². The number of carbonyl (C=O) groups excluding carboxylic acids is 1. The molecule has 0 radical (unpaired) electrons. The molecule has 1 heterocycles. The van der Waals surface area contributed by atoms with Crippen LogP contribution in [-0.2, 0) is 10.4 Å². The number of para-hydroxylation sites is 2. The number of hydrogen-bond donors (Lipinski definition) is 4. The fourth-order valence-electron chi connectivity index (χ4n) is 4.98. The molecule has 196 valence electrons. The van der Waals surface area contributed by atoms with Crippen molar-refractivity contribution >= 4 is 12.0 Å². The van der Waals surface area contributed by atoms with Gasteiger partial charge >= 0.3 is 6.09 Å². The minimum atomic E-state index is -1.29. The zero-order chi connectivity index (χ0) is 26.0. The molecule has 0 bridgehead atoms. The van der Waals surface area contributed by atoms with Gasteiger partial charge in [-0.1, -0.05) is 36.4 Å². The SMILES string of the molecule is CNCCCC(=O)N1CCCC(C(O)(CCCNC(=O)O)c2ccccc2Oc2ccccc2C)C1. The summed E-state index contributed by atoms with van der Waals surface area (Å²) >= 11 is 0. The molecule has 1 saturated heterocycles. The van der Waals surface area contributed by atoms with Crippen LogP contribution in [0.4, 0.5) is 4.79 Å². The zero-order valence-corrected chi connectivity index (χ0v) is 21.3. The molecule has 0 aromatic heterocycles. The number of carbonyl (C=O) groups is 2. The first-order chi connectivity index (χ1) is 17.3. The van der Waals surface area contributed by atoms with Crippen molar-refractivity contribution in [2.24, 2.45) is 5.92 Å². The molecule has 8 heteroatoms. The van der Waals surface area contributed by atoms with Gasteiger partial charge in [-0.15, -0.1) is 0 Å². The van der Waals surface area contributed by atoms with Crippen LogP contribution in [0.1, 0.15) is 49.7 Å². The van der Waals surface area contributed by atoms with Crippen LogP contribution in [0.5, 0.6) is 11.5 Å². The maximum atomic E-state index is 12.9. The lowest BCUT2D eigenvalue weighted by Crippen LogP contribution is -2.48. The van der Waals surface area contributed by atoms with Crippen molar-refractivity contribution in [1.82, 2.24) is 15.5 Å². The Hall–Kier alpha value is -3.10. The van der Waals surface area contributed by atoms with Crippen LogP contribution >= 0.6 is 0 Å². The van der Waals surface area contributed by atoms with Gasteiger partial charge in [0.1, 0.15) is 11.5 Å². The second-order valence-corrected chi connectivity index (χ2v) is 9.51. The van der Waals surface area contributed by atoms with Gasteiger partial charge < -0.3 is 30.5 Å². The summed E-state index contributed by atoms with van der Waals surface area (Å²) in [7, 11) is 1.87. The number of likely N-dealkylation sites (tertiary alicyclic amines) is 1. The highest BCUT2D eigenvalue weighted by Crippen LogP contribution is 2.44. The van der Waals surface area contributed by atoms with E-state index in [0.29, 0.717) is 49.4 Å². The minimum absolute atomic E-state index is 0.106. The monoisotopic (exact) mass is 497 g/mol. The Balaban J connectivity index is 1.89. The highest BCUT2D eigenvalue weighted by molar-refractivity contribution is 5.76. The van der Waals surface area contributed by atoms with Crippen molar-refractivity contribution in [3.05, 3.63) is 59.7 Å². The molecule has 2 atom stereocenters. The van der Waals surface area contributed by atoms with Crippen molar-refractivity contribution in [1.29, 1.82) is 0 Å². The largest absolute Gasteiger partial charge is 0.465 e. The number of benzene rings is 2.